The van der Waals surface area contributed by atoms with Crippen LogP contribution in [0.15, 0.2) is 0 Å². The first-order chi connectivity index (χ1) is 8.20. The van der Waals surface area contributed by atoms with Gasteiger partial charge in [-0.05, 0) is 19.8 Å². The minimum Gasteiger partial charge on any atom is -0.381 e. The van der Waals surface area contributed by atoms with E-state index in [0.29, 0.717) is 6.42 Å². The molecular formula is C15H30O2. The van der Waals surface area contributed by atoms with Crippen LogP contribution in [-0.2, 0) is 9.53 Å². The quantitative estimate of drug-likeness (QED) is 0.471. The fourth-order valence-electron chi connectivity index (χ4n) is 2.07. The Bertz CT molecular complexity index is 178. The van der Waals surface area contributed by atoms with E-state index in [1.807, 2.05) is 0 Å². The van der Waals surface area contributed by atoms with E-state index in [1.54, 1.807) is 14.0 Å². The van der Waals surface area contributed by atoms with Crippen molar-refractivity contribution in [1.82, 2.24) is 0 Å². The highest BCUT2D eigenvalue weighted by molar-refractivity contribution is 5.75. The third-order valence-electron chi connectivity index (χ3n) is 3.28. The van der Waals surface area contributed by atoms with Crippen LogP contribution in [0.1, 0.15) is 78.1 Å². The van der Waals surface area contributed by atoms with Gasteiger partial charge < -0.3 is 9.53 Å². The molecule has 0 aliphatic rings. The largest absolute Gasteiger partial charge is 0.381 e. The van der Waals surface area contributed by atoms with Crippen LogP contribution in [0.4, 0.5) is 0 Å². The molecule has 0 aliphatic heterocycles. The lowest BCUT2D eigenvalue weighted by Gasteiger charge is -2.14. The Kier molecular flexibility index (Phi) is 11.8. The summed E-state index contributed by atoms with van der Waals surface area (Å²) in [5, 5.41) is 0. The van der Waals surface area contributed by atoms with E-state index in [1.165, 1.54) is 44.9 Å². The SMILES string of the molecule is CCCCCCCCCC(CCC(C)=O)OC. The molecule has 0 N–H and O–H groups in total. The molecule has 0 saturated carbocycles. The summed E-state index contributed by atoms with van der Waals surface area (Å²) in [4.78, 5) is 10.9. The summed E-state index contributed by atoms with van der Waals surface area (Å²) in [6.45, 7) is 3.90. The van der Waals surface area contributed by atoms with E-state index >= 15 is 0 Å². The molecule has 2 nitrogen and oxygen atoms in total. The summed E-state index contributed by atoms with van der Waals surface area (Å²) in [5.41, 5.74) is 0. The molecule has 102 valence electrons. The Morgan fingerprint density at radius 1 is 1.00 bits per heavy atom. The van der Waals surface area contributed by atoms with Gasteiger partial charge >= 0.3 is 0 Å². The first kappa shape index (κ1) is 16.6. The molecule has 0 aromatic heterocycles. The van der Waals surface area contributed by atoms with E-state index in [2.05, 4.69) is 6.92 Å². The smallest absolute Gasteiger partial charge is 0.129 e. The van der Waals surface area contributed by atoms with Gasteiger partial charge in [-0.25, -0.2) is 0 Å². The number of Topliss-reactive ketones (excluding diaryl/α,β-unsaturated/α-hetero) is 1. The molecule has 0 radical (unpaired) electrons. The predicted molar refractivity (Wildman–Crippen MR) is 73.3 cm³/mol. The topological polar surface area (TPSA) is 26.3 Å². The lowest BCUT2D eigenvalue weighted by atomic mass is 10.0. The summed E-state index contributed by atoms with van der Waals surface area (Å²) < 4.78 is 5.39. The number of ether oxygens (including phenoxy) is 1. The molecule has 0 fully saturated rings. The van der Waals surface area contributed by atoms with Crippen LogP contribution in [0.3, 0.4) is 0 Å². The molecule has 1 unspecified atom stereocenters. The van der Waals surface area contributed by atoms with Crippen molar-refractivity contribution in [1.29, 1.82) is 0 Å². The monoisotopic (exact) mass is 242 g/mol. The fraction of sp³-hybridized carbons (Fsp3) is 0.933. The number of hydrogen-bond donors (Lipinski definition) is 0. The molecule has 0 amide bonds. The molecule has 0 aromatic carbocycles. The van der Waals surface area contributed by atoms with Crippen LogP contribution < -0.4 is 0 Å². The van der Waals surface area contributed by atoms with Gasteiger partial charge in [0.05, 0.1) is 6.10 Å². The summed E-state index contributed by atoms with van der Waals surface area (Å²) in [6, 6.07) is 0. The van der Waals surface area contributed by atoms with Gasteiger partial charge in [0.25, 0.3) is 0 Å². The van der Waals surface area contributed by atoms with Crippen LogP contribution >= 0.6 is 0 Å². The molecule has 0 saturated heterocycles. The van der Waals surface area contributed by atoms with E-state index in [9.17, 15) is 4.79 Å². The molecule has 0 bridgehead atoms. The van der Waals surface area contributed by atoms with Crippen molar-refractivity contribution in [3.8, 4) is 0 Å². The maximum atomic E-state index is 10.9. The lowest BCUT2D eigenvalue weighted by Crippen LogP contribution is -2.11. The van der Waals surface area contributed by atoms with Gasteiger partial charge in [-0.15, -0.1) is 0 Å². The van der Waals surface area contributed by atoms with E-state index in [-0.39, 0.29) is 11.9 Å². The molecule has 0 spiro atoms. The number of carbonyl (C=O) groups excluding carboxylic acids is 1. The molecule has 1 atom stereocenters. The Balaban J connectivity index is 3.34. The number of carbonyl (C=O) groups is 1. The second kappa shape index (κ2) is 12.1. The van der Waals surface area contributed by atoms with E-state index in [0.717, 1.165) is 12.8 Å². The third-order valence-corrected chi connectivity index (χ3v) is 3.28. The third kappa shape index (κ3) is 11.9. The standard InChI is InChI=1S/C15H30O2/c1-4-5-6-7-8-9-10-11-15(17-3)13-12-14(2)16/h15H,4-13H2,1-3H3. The van der Waals surface area contributed by atoms with Crippen molar-refractivity contribution in [2.24, 2.45) is 0 Å². The van der Waals surface area contributed by atoms with Crippen LogP contribution in [0.2, 0.25) is 0 Å². The Morgan fingerprint density at radius 2 is 1.59 bits per heavy atom. The second-order valence-corrected chi connectivity index (χ2v) is 5.01. The second-order valence-electron chi connectivity index (χ2n) is 5.01. The average molecular weight is 242 g/mol. The highest BCUT2D eigenvalue weighted by atomic mass is 16.5. The van der Waals surface area contributed by atoms with Gasteiger partial charge in [0.2, 0.25) is 0 Å². The van der Waals surface area contributed by atoms with Gasteiger partial charge in [0.15, 0.2) is 0 Å². The van der Waals surface area contributed by atoms with Crippen molar-refractivity contribution in [3.63, 3.8) is 0 Å². The Morgan fingerprint density at radius 3 is 2.12 bits per heavy atom. The number of ketones is 1. The normalized spacial score (nSPS) is 12.6. The zero-order chi connectivity index (χ0) is 12.9. The molecular weight excluding hydrogens is 212 g/mol. The van der Waals surface area contributed by atoms with E-state index in [4.69, 9.17) is 4.74 Å². The number of hydrogen-bond acceptors (Lipinski definition) is 2. The zero-order valence-electron chi connectivity index (χ0n) is 12.0. The van der Waals surface area contributed by atoms with Gasteiger partial charge in [0.1, 0.15) is 5.78 Å². The first-order valence-corrected chi connectivity index (χ1v) is 7.23. The molecule has 2 heteroatoms. The van der Waals surface area contributed by atoms with Crippen LogP contribution in [0, 0.1) is 0 Å². The summed E-state index contributed by atoms with van der Waals surface area (Å²) >= 11 is 0. The van der Waals surface area contributed by atoms with Gasteiger partial charge in [-0.3, -0.25) is 0 Å². The van der Waals surface area contributed by atoms with Crippen molar-refractivity contribution < 1.29 is 9.53 Å². The predicted octanol–water partition coefficient (Wildman–Crippen LogP) is 4.51. The van der Waals surface area contributed by atoms with Crippen molar-refractivity contribution in [2.45, 2.75) is 84.2 Å². The maximum Gasteiger partial charge on any atom is 0.129 e. The molecule has 0 aliphatic carbocycles. The highest BCUT2D eigenvalue weighted by Crippen LogP contribution is 2.13. The first-order valence-electron chi connectivity index (χ1n) is 7.23. The van der Waals surface area contributed by atoms with Crippen molar-refractivity contribution in [2.75, 3.05) is 7.11 Å². The minimum atomic E-state index is 0.270. The summed E-state index contributed by atoms with van der Waals surface area (Å²) in [5.74, 6) is 0.270. The zero-order valence-corrected chi connectivity index (χ0v) is 12.0. The number of rotatable bonds is 12. The Hall–Kier alpha value is -0.370. The van der Waals surface area contributed by atoms with Gasteiger partial charge in [-0.2, -0.15) is 0 Å². The number of methoxy groups -OCH3 is 1. The molecule has 17 heavy (non-hydrogen) atoms. The average Bonchev–Trinajstić information content (AvgIpc) is 2.31. The molecule has 0 rings (SSSR count). The Labute approximate surface area is 107 Å². The van der Waals surface area contributed by atoms with Crippen molar-refractivity contribution >= 4 is 5.78 Å². The summed E-state index contributed by atoms with van der Waals surface area (Å²) in [6.07, 6.45) is 12.3. The van der Waals surface area contributed by atoms with Crippen LogP contribution in [-0.4, -0.2) is 19.0 Å². The van der Waals surface area contributed by atoms with Gasteiger partial charge in [0, 0.05) is 13.5 Å². The van der Waals surface area contributed by atoms with Crippen LogP contribution in [0.5, 0.6) is 0 Å². The molecule has 0 heterocycles. The van der Waals surface area contributed by atoms with Gasteiger partial charge in [-0.1, -0.05) is 51.9 Å². The number of unbranched alkanes of at least 4 members (excludes halogenated alkanes) is 6. The molecule has 0 aromatic rings. The van der Waals surface area contributed by atoms with Crippen molar-refractivity contribution in [3.05, 3.63) is 0 Å². The fourth-order valence-corrected chi connectivity index (χ4v) is 2.07. The highest BCUT2D eigenvalue weighted by Gasteiger charge is 2.07. The summed E-state index contributed by atoms with van der Waals surface area (Å²) in [7, 11) is 1.76. The van der Waals surface area contributed by atoms with E-state index < -0.39 is 0 Å². The lowest BCUT2D eigenvalue weighted by molar-refractivity contribution is -0.117. The minimum absolute atomic E-state index is 0.270. The maximum absolute atomic E-state index is 10.9. The van der Waals surface area contributed by atoms with Crippen LogP contribution in [0.25, 0.3) is 0 Å².